The van der Waals surface area contributed by atoms with Crippen molar-refractivity contribution in [3.8, 4) is 11.5 Å². The standard InChI is InChI=1S/C15H22ClNO2/c1-4-17-10-13-6-7-14(15(8-13)18-5-2)19-11-12(3)9-16/h6-9,17H,4-5,10-11H2,1-3H3/b12-9+. The van der Waals surface area contributed by atoms with E-state index in [1.807, 2.05) is 32.0 Å². The number of rotatable bonds is 8. The Bertz CT molecular complexity index is 419. The average molecular weight is 284 g/mol. The summed E-state index contributed by atoms with van der Waals surface area (Å²) in [5, 5.41) is 3.29. The topological polar surface area (TPSA) is 30.5 Å². The van der Waals surface area contributed by atoms with Crippen LogP contribution < -0.4 is 14.8 Å². The van der Waals surface area contributed by atoms with Gasteiger partial charge in [-0.15, -0.1) is 0 Å². The van der Waals surface area contributed by atoms with Crippen molar-refractivity contribution < 1.29 is 9.47 Å². The van der Waals surface area contributed by atoms with E-state index in [1.54, 1.807) is 0 Å². The molecule has 0 aliphatic heterocycles. The van der Waals surface area contributed by atoms with Crippen molar-refractivity contribution in [2.24, 2.45) is 0 Å². The second kappa shape index (κ2) is 8.83. The lowest BCUT2D eigenvalue weighted by Crippen LogP contribution is -2.12. The number of ether oxygens (including phenoxy) is 2. The van der Waals surface area contributed by atoms with Gasteiger partial charge in [0.15, 0.2) is 11.5 Å². The molecule has 0 radical (unpaired) electrons. The Labute approximate surface area is 120 Å². The van der Waals surface area contributed by atoms with Gasteiger partial charge in [0.2, 0.25) is 0 Å². The molecule has 0 heterocycles. The van der Waals surface area contributed by atoms with Crippen molar-refractivity contribution in [3.63, 3.8) is 0 Å². The van der Waals surface area contributed by atoms with Crippen LogP contribution in [0.5, 0.6) is 11.5 Å². The third kappa shape index (κ3) is 5.53. The Hall–Kier alpha value is -1.19. The minimum absolute atomic E-state index is 0.468. The summed E-state index contributed by atoms with van der Waals surface area (Å²) in [6.45, 7) is 8.83. The molecule has 4 heteroatoms. The first-order chi connectivity index (χ1) is 9.21. The van der Waals surface area contributed by atoms with E-state index < -0.39 is 0 Å². The third-order valence-corrected chi connectivity index (χ3v) is 2.90. The van der Waals surface area contributed by atoms with Gasteiger partial charge >= 0.3 is 0 Å². The lowest BCUT2D eigenvalue weighted by atomic mass is 10.2. The van der Waals surface area contributed by atoms with Gasteiger partial charge in [-0.3, -0.25) is 0 Å². The van der Waals surface area contributed by atoms with Crippen molar-refractivity contribution in [2.75, 3.05) is 19.8 Å². The first-order valence-corrected chi connectivity index (χ1v) is 7.00. The monoisotopic (exact) mass is 283 g/mol. The van der Waals surface area contributed by atoms with E-state index in [-0.39, 0.29) is 0 Å². The fourth-order valence-electron chi connectivity index (χ4n) is 1.54. The lowest BCUT2D eigenvalue weighted by Gasteiger charge is -2.13. The molecule has 1 aromatic rings. The van der Waals surface area contributed by atoms with E-state index in [1.165, 1.54) is 11.1 Å². The SMILES string of the molecule is CCNCc1ccc(OC/C(C)=C/Cl)c(OCC)c1. The van der Waals surface area contributed by atoms with E-state index in [4.69, 9.17) is 21.1 Å². The van der Waals surface area contributed by atoms with Gasteiger partial charge in [-0.1, -0.05) is 24.6 Å². The number of halogens is 1. The maximum atomic E-state index is 5.70. The molecule has 0 aliphatic carbocycles. The molecule has 0 atom stereocenters. The van der Waals surface area contributed by atoms with Gasteiger partial charge in [-0.2, -0.15) is 0 Å². The molecule has 0 amide bonds. The van der Waals surface area contributed by atoms with E-state index in [2.05, 4.69) is 12.2 Å². The Kier molecular flexibility index (Phi) is 7.38. The summed E-state index contributed by atoms with van der Waals surface area (Å²) in [7, 11) is 0. The van der Waals surface area contributed by atoms with Crippen molar-refractivity contribution in [2.45, 2.75) is 27.3 Å². The van der Waals surface area contributed by atoms with Crippen LogP contribution in [-0.4, -0.2) is 19.8 Å². The van der Waals surface area contributed by atoms with Crippen LogP contribution in [-0.2, 0) is 6.54 Å². The van der Waals surface area contributed by atoms with Crippen LogP contribution in [0.4, 0.5) is 0 Å². The Morgan fingerprint density at radius 1 is 1.26 bits per heavy atom. The molecule has 0 bridgehead atoms. The molecule has 106 valence electrons. The maximum absolute atomic E-state index is 5.70. The fraction of sp³-hybridized carbons (Fsp3) is 0.467. The average Bonchev–Trinajstić information content (AvgIpc) is 2.44. The van der Waals surface area contributed by atoms with Gasteiger partial charge in [0.25, 0.3) is 0 Å². The highest BCUT2D eigenvalue weighted by Gasteiger charge is 2.06. The summed E-state index contributed by atoms with van der Waals surface area (Å²) in [4.78, 5) is 0. The van der Waals surface area contributed by atoms with E-state index in [9.17, 15) is 0 Å². The predicted molar refractivity (Wildman–Crippen MR) is 80.1 cm³/mol. The third-order valence-electron chi connectivity index (χ3n) is 2.53. The summed E-state index contributed by atoms with van der Waals surface area (Å²) in [6.07, 6.45) is 0. The molecule has 0 spiro atoms. The zero-order valence-corrected chi connectivity index (χ0v) is 12.6. The van der Waals surface area contributed by atoms with Crippen LogP contribution in [0.15, 0.2) is 29.3 Å². The predicted octanol–water partition coefficient (Wildman–Crippen LogP) is 3.72. The highest BCUT2D eigenvalue weighted by atomic mass is 35.5. The molecule has 0 fully saturated rings. The summed E-state index contributed by atoms with van der Waals surface area (Å²) in [5.74, 6) is 1.53. The number of benzene rings is 1. The number of nitrogens with one attached hydrogen (secondary N) is 1. The van der Waals surface area contributed by atoms with Gasteiger partial charge in [-0.05, 0) is 43.7 Å². The van der Waals surface area contributed by atoms with E-state index in [0.717, 1.165) is 30.2 Å². The van der Waals surface area contributed by atoms with Crippen LogP contribution in [0.1, 0.15) is 26.3 Å². The van der Waals surface area contributed by atoms with Crippen LogP contribution in [0.2, 0.25) is 0 Å². The van der Waals surface area contributed by atoms with Crippen molar-refractivity contribution in [1.29, 1.82) is 0 Å². The molecular formula is C15H22ClNO2. The molecule has 19 heavy (non-hydrogen) atoms. The smallest absolute Gasteiger partial charge is 0.161 e. The number of hydrogen-bond donors (Lipinski definition) is 1. The molecule has 0 unspecified atom stereocenters. The number of hydrogen-bond acceptors (Lipinski definition) is 3. The first kappa shape index (κ1) is 15.9. The maximum Gasteiger partial charge on any atom is 0.161 e. The Morgan fingerprint density at radius 2 is 2.05 bits per heavy atom. The molecule has 1 N–H and O–H groups in total. The minimum atomic E-state index is 0.468. The molecule has 0 saturated carbocycles. The fourth-order valence-corrected chi connectivity index (χ4v) is 1.61. The summed E-state index contributed by atoms with van der Waals surface area (Å²) < 4.78 is 11.3. The normalized spacial score (nSPS) is 11.5. The summed E-state index contributed by atoms with van der Waals surface area (Å²) >= 11 is 5.62. The van der Waals surface area contributed by atoms with Crippen molar-refractivity contribution in [1.82, 2.24) is 5.32 Å². The van der Waals surface area contributed by atoms with Gasteiger partial charge in [-0.25, -0.2) is 0 Å². The van der Waals surface area contributed by atoms with Gasteiger partial charge in [0.05, 0.1) is 6.61 Å². The van der Waals surface area contributed by atoms with Gasteiger partial charge in [0.1, 0.15) is 6.61 Å². The van der Waals surface area contributed by atoms with Crippen LogP contribution in [0.25, 0.3) is 0 Å². The lowest BCUT2D eigenvalue weighted by molar-refractivity contribution is 0.292. The molecule has 1 aromatic carbocycles. The van der Waals surface area contributed by atoms with Crippen LogP contribution >= 0.6 is 11.6 Å². The zero-order chi connectivity index (χ0) is 14.1. The molecule has 1 rings (SSSR count). The largest absolute Gasteiger partial charge is 0.490 e. The minimum Gasteiger partial charge on any atom is -0.490 e. The van der Waals surface area contributed by atoms with Gasteiger partial charge < -0.3 is 14.8 Å². The molecule has 0 aliphatic rings. The summed E-state index contributed by atoms with van der Waals surface area (Å²) in [5.41, 5.74) is 3.68. The molecule has 0 aromatic heterocycles. The highest BCUT2D eigenvalue weighted by Crippen LogP contribution is 2.29. The first-order valence-electron chi connectivity index (χ1n) is 6.56. The van der Waals surface area contributed by atoms with E-state index >= 15 is 0 Å². The second-order valence-electron chi connectivity index (χ2n) is 4.24. The molecular weight excluding hydrogens is 262 g/mol. The quantitative estimate of drug-likeness (QED) is 0.789. The molecule has 0 saturated heterocycles. The van der Waals surface area contributed by atoms with Crippen molar-refractivity contribution >= 4 is 11.6 Å². The zero-order valence-electron chi connectivity index (χ0n) is 11.8. The van der Waals surface area contributed by atoms with Crippen molar-refractivity contribution in [3.05, 3.63) is 34.9 Å². The Balaban J connectivity index is 2.78. The second-order valence-corrected chi connectivity index (χ2v) is 4.46. The van der Waals surface area contributed by atoms with E-state index in [0.29, 0.717) is 13.2 Å². The Morgan fingerprint density at radius 3 is 2.68 bits per heavy atom. The van der Waals surface area contributed by atoms with Crippen LogP contribution in [0.3, 0.4) is 0 Å². The molecule has 3 nitrogen and oxygen atoms in total. The van der Waals surface area contributed by atoms with Gasteiger partial charge in [0, 0.05) is 12.1 Å². The summed E-state index contributed by atoms with van der Waals surface area (Å²) in [6, 6.07) is 6.00. The van der Waals surface area contributed by atoms with Crippen LogP contribution in [0, 0.1) is 0 Å². The highest BCUT2D eigenvalue weighted by molar-refractivity contribution is 6.25.